The Labute approximate surface area is 160 Å². The van der Waals surface area contributed by atoms with Crippen LogP contribution in [0.1, 0.15) is 69.4 Å². The van der Waals surface area contributed by atoms with Gasteiger partial charge in [-0.1, -0.05) is 27.7 Å². The lowest BCUT2D eigenvalue weighted by Crippen LogP contribution is -2.31. The van der Waals surface area contributed by atoms with Gasteiger partial charge in [-0.15, -0.1) is 11.3 Å². The Hall–Kier alpha value is -1.67. The molecule has 3 atom stereocenters. The summed E-state index contributed by atoms with van der Waals surface area (Å²) >= 11 is 1.58. The number of ketones is 1. The van der Waals surface area contributed by atoms with Crippen LogP contribution in [-0.2, 0) is 22.4 Å². The molecule has 1 aromatic rings. The molecule has 2 aliphatic carbocycles. The number of hydrogen-bond acceptors (Lipinski definition) is 4. The molecule has 5 heteroatoms. The van der Waals surface area contributed by atoms with Gasteiger partial charge in [-0.25, -0.2) is 0 Å². The fourth-order valence-corrected chi connectivity index (χ4v) is 5.50. The van der Waals surface area contributed by atoms with Gasteiger partial charge >= 0.3 is 0 Å². The Kier molecular flexibility index (Phi) is 5.25. The first kappa shape index (κ1) is 19.1. The van der Waals surface area contributed by atoms with Crippen molar-refractivity contribution in [1.82, 2.24) is 0 Å². The summed E-state index contributed by atoms with van der Waals surface area (Å²) in [7, 11) is 0. The SMILES string of the molecule is CC1CC(C(=O)Nc2sc3c(c2C#N)CCC(C(C)(C)C)C3)CCC1=O. The zero-order chi connectivity index (χ0) is 19.1. The molecule has 0 radical (unpaired) electrons. The molecule has 3 unspecified atom stereocenters. The average molecular weight is 373 g/mol. The number of Topliss-reactive ketones (excluding diaryl/α,β-unsaturated/α-hetero) is 1. The van der Waals surface area contributed by atoms with E-state index in [0.717, 1.165) is 24.8 Å². The number of rotatable bonds is 2. The number of anilines is 1. The molecule has 1 fully saturated rings. The van der Waals surface area contributed by atoms with Gasteiger partial charge in [0.15, 0.2) is 0 Å². The first-order valence-electron chi connectivity index (χ1n) is 9.59. The van der Waals surface area contributed by atoms with Crippen molar-refractivity contribution in [3.05, 3.63) is 16.0 Å². The smallest absolute Gasteiger partial charge is 0.228 e. The fourth-order valence-electron chi connectivity index (χ4n) is 4.22. The molecule has 1 aromatic heterocycles. The van der Waals surface area contributed by atoms with Crippen molar-refractivity contribution >= 4 is 28.0 Å². The van der Waals surface area contributed by atoms with Crippen molar-refractivity contribution in [3.63, 3.8) is 0 Å². The van der Waals surface area contributed by atoms with E-state index in [1.54, 1.807) is 11.3 Å². The molecule has 0 spiro atoms. The Morgan fingerprint density at radius 2 is 2.00 bits per heavy atom. The molecular weight excluding hydrogens is 344 g/mol. The normalized spacial score (nSPS) is 26.1. The van der Waals surface area contributed by atoms with Crippen LogP contribution < -0.4 is 5.32 Å². The second-order valence-electron chi connectivity index (χ2n) is 8.95. The molecule has 1 amide bonds. The van der Waals surface area contributed by atoms with Gasteiger partial charge in [0.05, 0.1) is 5.56 Å². The van der Waals surface area contributed by atoms with Crippen molar-refractivity contribution < 1.29 is 9.59 Å². The van der Waals surface area contributed by atoms with Crippen LogP contribution in [0, 0.1) is 34.5 Å². The summed E-state index contributed by atoms with van der Waals surface area (Å²) in [4.78, 5) is 25.7. The Morgan fingerprint density at radius 3 is 2.62 bits per heavy atom. The molecule has 0 aromatic carbocycles. The second kappa shape index (κ2) is 7.15. The van der Waals surface area contributed by atoms with Crippen LogP contribution in [0.25, 0.3) is 0 Å². The van der Waals surface area contributed by atoms with Gasteiger partial charge in [0, 0.05) is 23.1 Å². The number of nitriles is 1. The molecular formula is C21H28N2O2S. The summed E-state index contributed by atoms with van der Waals surface area (Å²) in [6.45, 7) is 8.72. The number of hydrogen-bond donors (Lipinski definition) is 1. The van der Waals surface area contributed by atoms with Crippen molar-refractivity contribution in [1.29, 1.82) is 5.26 Å². The Morgan fingerprint density at radius 1 is 1.27 bits per heavy atom. The number of nitrogens with zero attached hydrogens (tertiary/aromatic N) is 1. The van der Waals surface area contributed by atoms with Crippen LogP contribution in [0.5, 0.6) is 0 Å². The molecule has 26 heavy (non-hydrogen) atoms. The molecule has 140 valence electrons. The standard InChI is InChI=1S/C21H28N2O2S/c1-12-9-13(5-8-17(12)24)19(25)23-20-16(11-22)15-7-6-14(21(2,3)4)10-18(15)26-20/h12-14H,5-10H2,1-4H3,(H,23,25). The zero-order valence-electron chi connectivity index (χ0n) is 16.1. The van der Waals surface area contributed by atoms with Gasteiger partial charge in [-0.2, -0.15) is 5.26 Å². The molecule has 1 heterocycles. The number of nitrogens with one attached hydrogen (secondary N) is 1. The third kappa shape index (κ3) is 3.71. The predicted molar refractivity (Wildman–Crippen MR) is 104 cm³/mol. The van der Waals surface area contributed by atoms with Crippen molar-refractivity contribution in [3.8, 4) is 6.07 Å². The molecule has 2 aliphatic rings. The van der Waals surface area contributed by atoms with Crippen LogP contribution in [-0.4, -0.2) is 11.7 Å². The van der Waals surface area contributed by atoms with Crippen molar-refractivity contribution in [2.24, 2.45) is 23.2 Å². The van der Waals surface area contributed by atoms with E-state index < -0.39 is 0 Å². The highest BCUT2D eigenvalue weighted by atomic mass is 32.1. The van der Waals surface area contributed by atoms with Gasteiger partial charge in [0.1, 0.15) is 16.9 Å². The number of fused-ring (bicyclic) bond motifs is 1. The number of amides is 1. The lowest BCUT2D eigenvalue weighted by molar-refractivity contribution is -0.128. The predicted octanol–water partition coefficient (Wildman–Crippen LogP) is 4.71. The first-order chi connectivity index (χ1) is 12.2. The molecule has 0 saturated heterocycles. The lowest BCUT2D eigenvalue weighted by atomic mass is 9.72. The number of thiophene rings is 1. The van der Waals surface area contributed by atoms with E-state index in [2.05, 4.69) is 32.2 Å². The third-order valence-electron chi connectivity index (χ3n) is 6.14. The maximum absolute atomic E-state index is 12.7. The van der Waals surface area contributed by atoms with E-state index >= 15 is 0 Å². The zero-order valence-corrected chi connectivity index (χ0v) is 17.0. The molecule has 0 aliphatic heterocycles. The van der Waals surface area contributed by atoms with Crippen molar-refractivity contribution in [2.45, 2.75) is 66.2 Å². The number of carbonyl (C=O) groups excluding carboxylic acids is 2. The van der Waals surface area contributed by atoms with E-state index in [1.807, 2.05) is 6.92 Å². The van der Waals surface area contributed by atoms with Crippen LogP contribution in [0.2, 0.25) is 0 Å². The summed E-state index contributed by atoms with van der Waals surface area (Å²) < 4.78 is 0. The van der Waals surface area contributed by atoms with Gasteiger partial charge in [0.2, 0.25) is 5.91 Å². The van der Waals surface area contributed by atoms with Crippen LogP contribution >= 0.6 is 11.3 Å². The highest BCUT2D eigenvalue weighted by Gasteiger charge is 2.34. The minimum Gasteiger partial charge on any atom is -0.316 e. The maximum atomic E-state index is 12.7. The molecule has 1 saturated carbocycles. The summed E-state index contributed by atoms with van der Waals surface area (Å²) in [6.07, 6.45) is 4.72. The van der Waals surface area contributed by atoms with Crippen LogP contribution in [0.3, 0.4) is 0 Å². The third-order valence-corrected chi connectivity index (χ3v) is 7.31. The van der Waals surface area contributed by atoms with E-state index in [-0.39, 0.29) is 28.9 Å². The summed E-state index contributed by atoms with van der Waals surface area (Å²) in [6, 6.07) is 2.32. The van der Waals surface area contributed by atoms with Gasteiger partial charge in [-0.05, 0) is 49.0 Å². The minimum absolute atomic E-state index is 0.0354. The molecule has 4 nitrogen and oxygen atoms in total. The highest BCUT2D eigenvalue weighted by Crippen LogP contribution is 2.44. The minimum atomic E-state index is -0.129. The topological polar surface area (TPSA) is 70.0 Å². The van der Waals surface area contributed by atoms with Gasteiger partial charge < -0.3 is 5.32 Å². The Bertz CT molecular complexity index is 766. The highest BCUT2D eigenvalue weighted by molar-refractivity contribution is 7.16. The molecule has 0 bridgehead atoms. The van der Waals surface area contributed by atoms with E-state index in [0.29, 0.717) is 35.7 Å². The maximum Gasteiger partial charge on any atom is 0.228 e. The fraction of sp³-hybridized carbons (Fsp3) is 0.667. The van der Waals surface area contributed by atoms with Gasteiger partial charge in [0.25, 0.3) is 0 Å². The van der Waals surface area contributed by atoms with E-state index in [1.165, 1.54) is 4.88 Å². The van der Waals surface area contributed by atoms with Crippen LogP contribution in [0.15, 0.2) is 0 Å². The Balaban J connectivity index is 1.77. The quantitative estimate of drug-likeness (QED) is 0.817. The summed E-state index contributed by atoms with van der Waals surface area (Å²) in [5.41, 5.74) is 2.05. The first-order valence-corrected chi connectivity index (χ1v) is 10.4. The second-order valence-corrected chi connectivity index (χ2v) is 10.1. The van der Waals surface area contributed by atoms with Crippen LogP contribution in [0.4, 0.5) is 5.00 Å². The van der Waals surface area contributed by atoms with E-state index in [4.69, 9.17) is 0 Å². The molecule has 1 N–H and O–H groups in total. The monoisotopic (exact) mass is 372 g/mol. The van der Waals surface area contributed by atoms with Crippen molar-refractivity contribution in [2.75, 3.05) is 5.32 Å². The number of carbonyl (C=O) groups is 2. The van der Waals surface area contributed by atoms with E-state index in [9.17, 15) is 14.9 Å². The van der Waals surface area contributed by atoms with Gasteiger partial charge in [-0.3, -0.25) is 9.59 Å². The largest absolute Gasteiger partial charge is 0.316 e. The lowest BCUT2D eigenvalue weighted by Gasteiger charge is -2.33. The summed E-state index contributed by atoms with van der Waals surface area (Å²) in [5.74, 6) is 0.655. The summed E-state index contributed by atoms with van der Waals surface area (Å²) in [5, 5.41) is 13.4. The molecule has 3 rings (SSSR count). The average Bonchev–Trinajstić information content (AvgIpc) is 2.92.